The van der Waals surface area contributed by atoms with E-state index in [1.54, 1.807) is 12.3 Å². The molecule has 2 aromatic rings. The maximum Gasteiger partial charge on any atom is 0.233 e. The number of amides is 1. The molecule has 5 heteroatoms. The summed E-state index contributed by atoms with van der Waals surface area (Å²) in [6.45, 7) is 0. The average Bonchev–Trinajstić information content (AvgIpc) is 2.60. The minimum Gasteiger partial charge on any atom is -0.338 e. The van der Waals surface area contributed by atoms with E-state index in [0.29, 0.717) is 10.8 Å². The Balaban J connectivity index is 1.65. The second-order valence-corrected chi connectivity index (χ2v) is 7.15. The Hall–Kier alpha value is -1.52. The van der Waals surface area contributed by atoms with E-state index in [2.05, 4.69) is 29.2 Å². The largest absolute Gasteiger partial charge is 0.338 e. The number of fused-ring (bicyclic) bond motifs is 1. The molecule has 1 heterocycles. The van der Waals surface area contributed by atoms with Crippen LogP contribution in [0.2, 0.25) is 5.02 Å². The normalized spacial score (nSPS) is 16.7. The second kappa shape index (κ2) is 7.37. The predicted molar refractivity (Wildman–Crippen MR) is 94.9 cm³/mol. The van der Waals surface area contributed by atoms with Gasteiger partial charge in [-0.1, -0.05) is 47.6 Å². The van der Waals surface area contributed by atoms with Crippen LogP contribution in [0.4, 0.5) is 0 Å². The molecule has 1 aromatic carbocycles. The minimum atomic E-state index is 0.133. The zero-order valence-electron chi connectivity index (χ0n) is 13.0. The van der Waals surface area contributed by atoms with Crippen molar-refractivity contribution in [3.05, 3.63) is 58.7 Å². The lowest BCUT2D eigenvalue weighted by atomic mass is 9.87. The smallest absolute Gasteiger partial charge is 0.233 e. The summed E-state index contributed by atoms with van der Waals surface area (Å²) in [6, 6.07) is 12.3. The van der Waals surface area contributed by atoms with Gasteiger partial charge in [0.1, 0.15) is 0 Å². The first kappa shape index (κ1) is 16.3. The fraction of sp³-hybridized carbons (Fsp3) is 0.333. The number of hydrogen-bond donors (Lipinski definition) is 0. The van der Waals surface area contributed by atoms with Crippen molar-refractivity contribution in [3.63, 3.8) is 0 Å². The van der Waals surface area contributed by atoms with Gasteiger partial charge in [0.05, 0.1) is 21.8 Å². The average molecular weight is 347 g/mol. The summed E-state index contributed by atoms with van der Waals surface area (Å²) >= 11 is 7.28. The van der Waals surface area contributed by atoms with Gasteiger partial charge in [0, 0.05) is 13.2 Å². The molecule has 1 atom stereocenters. The predicted octanol–water partition coefficient (Wildman–Crippen LogP) is 4.36. The van der Waals surface area contributed by atoms with Crippen molar-refractivity contribution >= 4 is 29.3 Å². The van der Waals surface area contributed by atoms with Crippen LogP contribution in [0.15, 0.2) is 47.6 Å². The van der Waals surface area contributed by atoms with Crippen LogP contribution in [0.1, 0.15) is 30.0 Å². The number of aryl methyl sites for hydroxylation is 1. The van der Waals surface area contributed by atoms with Crippen molar-refractivity contribution in [1.29, 1.82) is 0 Å². The van der Waals surface area contributed by atoms with Gasteiger partial charge in [-0.2, -0.15) is 0 Å². The number of pyridine rings is 1. The molecule has 1 unspecified atom stereocenters. The molecule has 0 spiro atoms. The Morgan fingerprint density at radius 2 is 2.17 bits per heavy atom. The van der Waals surface area contributed by atoms with Gasteiger partial charge in [0.2, 0.25) is 5.91 Å². The summed E-state index contributed by atoms with van der Waals surface area (Å²) in [6.07, 6.45) is 4.88. The lowest BCUT2D eigenvalue weighted by Crippen LogP contribution is -2.34. The van der Waals surface area contributed by atoms with E-state index < -0.39 is 0 Å². The van der Waals surface area contributed by atoms with Crippen LogP contribution in [0, 0.1) is 0 Å². The number of nitrogens with zero attached hydrogens (tertiary/aromatic N) is 2. The van der Waals surface area contributed by atoms with E-state index in [1.165, 1.54) is 22.9 Å². The highest BCUT2D eigenvalue weighted by Crippen LogP contribution is 2.33. The van der Waals surface area contributed by atoms with Crippen LogP contribution in [0.5, 0.6) is 0 Å². The van der Waals surface area contributed by atoms with Gasteiger partial charge in [0.25, 0.3) is 0 Å². The number of rotatable bonds is 4. The fourth-order valence-corrected chi connectivity index (χ4v) is 3.87. The molecule has 1 aliphatic rings. The van der Waals surface area contributed by atoms with Crippen molar-refractivity contribution in [3.8, 4) is 0 Å². The van der Waals surface area contributed by atoms with Crippen molar-refractivity contribution in [1.82, 2.24) is 9.88 Å². The summed E-state index contributed by atoms with van der Waals surface area (Å²) < 4.78 is 0. The minimum absolute atomic E-state index is 0.133. The lowest BCUT2D eigenvalue weighted by molar-refractivity contribution is -0.129. The monoisotopic (exact) mass is 346 g/mol. The van der Waals surface area contributed by atoms with Crippen molar-refractivity contribution in [2.24, 2.45) is 0 Å². The Morgan fingerprint density at radius 3 is 2.96 bits per heavy atom. The summed E-state index contributed by atoms with van der Waals surface area (Å²) in [5.41, 5.74) is 2.67. The Kier molecular flexibility index (Phi) is 5.23. The van der Waals surface area contributed by atoms with Gasteiger partial charge in [-0.05, 0) is 42.5 Å². The number of hydrogen-bond acceptors (Lipinski definition) is 3. The van der Waals surface area contributed by atoms with Crippen LogP contribution in [0.25, 0.3) is 0 Å². The molecule has 3 nitrogen and oxygen atoms in total. The Morgan fingerprint density at radius 1 is 1.35 bits per heavy atom. The summed E-state index contributed by atoms with van der Waals surface area (Å²) in [4.78, 5) is 18.7. The highest BCUT2D eigenvalue weighted by molar-refractivity contribution is 7.99. The zero-order chi connectivity index (χ0) is 16.2. The van der Waals surface area contributed by atoms with Gasteiger partial charge in [0.15, 0.2) is 0 Å². The molecule has 1 aliphatic carbocycles. The first-order chi connectivity index (χ1) is 11.1. The number of carbonyl (C=O) groups excluding carboxylic acids is 1. The Labute approximate surface area is 146 Å². The molecule has 0 saturated heterocycles. The summed E-state index contributed by atoms with van der Waals surface area (Å²) in [5, 5.41) is 1.43. The molecule has 120 valence electrons. The maximum atomic E-state index is 12.5. The molecule has 1 amide bonds. The molecule has 0 aliphatic heterocycles. The highest BCUT2D eigenvalue weighted by atomic mass is 35.5. The van der Waals surface area contributed by atoms with E-state index in [9.17, 15) is 4.79 Å². The van der Waals surface area contributed by atoms with E-state index in [1.807, 2.05) is 18.0 Å². The lowest BCUT2D eigenvalue weighted by Gasteiger charge is -2.33. The van der Waals surface area contributed by atoms with Crippen molar-refractivity contribution < 1.29 is 4.79 Å². The quantitative estimate of drug-likeness (QED) is 0.771. The van der Waals surface area contributed by atoms with Crippen molar-refractivity contribution in [2.45, 2.75) is 30.3 Å². The van der Waals surface area contributed by atoms with E-state index in [-0.39, 0.29) is 11.9 Å². The van der Waals surface area contributed by atoms with Gasteiger partial charge in [-0.15, -0.1) is 0 Å². The maximum absolute atomic E-state index is 12.5. The van der Waals surface area contributed by atoms with Crippen LogP contribution in [-0.2, 0) is 11.2 Å². The molecule has 0 bridgehead atoms. The zero-order valence-corrected chi connectivity index (χ0v) is 14.6. The molecule has 3 rings (SSSR count). The number of aromatic nitrogens is 1. The third-order valence-electron chi connectivity index (χ3n) is 4.24. The standard InChI is InChI=1S/C18H19ClN2OS/c1-21(16-8-4-6-13-5-2-3-7-15(13)16)18(22)12-23-17-10-9-14(19)11-20-17/h2-3,5,7,9-11,16H,4,6,8,12H2,1H3. The SMILES string of the molecule is CN(C(=O)CSc1ccc(Cl)cn1)C1CCCc2ccccc21. The third kappa shape index (κ3) is 3.88. The summed E-state index contributed by atoms with van der Waals surface area (Å²) in [5.74, 6) is 0.525. The number of carbonyl (C=O) groups is 1. The number of halogens is 1. The van der Waals surface area contributed by atoms with E-state index in [0.717, 1.165) is 24.3 Å². The summed E-state index contributed by atoms with van der Waals surface area (Å²) in [7, 11) is 1.91. The topological polar surface area (TPSA) is 33.2 Å². The first-order valence-electron chi connectivity index (χ1n) is 7.73. The van der Waals surface area contributed by atoms with Crippen LogP contribution in [0.3, 0.4) is 0 Å². The van der Waals surface area contributed by atoms with Crippen molar-refractivity contribution in [2.75, 3.05) is 12.8 Å². The second-order valence-electron chi connectivity index (χ2n) is 5.71. The molecular weight excluding hydrogens is 328 g/mol. The van der Waals surface area contributed by atoms with Gasteiger partial charge in [-0.25, -0.2) is 4.98 Å². The first-order valence-corrected chi connectivity index (χ1v) is 9.09. The molecular formula is C18H19ClN2OS. The molecule has 0 saturated carbocycles. The number of thioether (sulfide) groups is 1. The van der Waals surface area contributed by atoms with Gasteiger partial charge in [-0.3, -0.25) is 4.79 Å². The van der Waals surface area contributed by atoms with Gasteiger partial charge < -0.3 is 4.90 Å². The van der Waals surface area contributed by atoms with Crippen LogP contribution >= 0.6 is 23.4 Å². The van der Waals surface area contributed by atoms with E-state index in [4.69, 9.17) is 11.6 Å². The molecule has 0 N–H and O–H groups in total. The molecule has 23 heavy (non-hydrogen) atoms. The van der Waals surface area contributed by atoms with Crippen LogP contribution < -0.4 is 0 Å². The van der Waals surface area contributed by atoms with Gasteiger partial charge >= 0.3 is 0 Å². The fourth-order valence-electron chi connectivity index (χ4n) is 2.99. The van der Waals surface area contributed by atoms with E-state index >= 15 is 0 Å². The molecule has 0 fully saturated rings. The molecule has 0 radical (unpaired) electrons. The highest BCUT2D eigenvalue weighted by Gasteiger charge is 2.26. The third-order valence-corrected chi connectivity index (χ3v) is 5.39. The molecule has 1 aromatic heterocycles. The number of benzene rings is 1. The Bertz CT molecular complexity index is 690. The van der Waals surface area contributed by atoms with Crippen LogP contribution in [-0.4, -0.2) is 28.6 Å².